The molecule has 0 saturated carbocycles. The molecule has 2 rings (SSSR count). The lowest BCUT2D eigenvalue weighted by Crippen LogP contribution is -2.01. The molecule has 0 heterocycles. The number of methoxy groups -OCH3 is 1. The van der Waals surface area contributed by atoms with E-state index in [1.54, 1.807) is 25.3 Å². The van der Waals surface area contributed by atoms with Gasteiger partial charge in [-0.3, -0.25) is 4.79 Å². The molecule has 0 bridgehead atoms. The number of rotatable bonds is 8. The molecule has 0 radical (unpaired) electrons. The molecular formula is C18H20O3. The minimum Gasteiger partial charge on any atom is -0.493 e. The molecule has 3 nitrogen and oxygen atoms in total. The van der Waals surface area contributed by atoms with Gasteiger partial charge < -0.3 is 9.47 Å². The second-order valence-electron chi connectivity index (χ2n) is 4.82. The minimum absolute atomic E-state index is 0.593. The average molecular weight is 284 g/mol. The molecule has 2 aromatic rings. The van der Waals surface area contributed by atoms with E-state index >= 15 is 0 Å². The molecule has 0 amide bonds. The monoisotopic (exact) mass is 284 g/mol. The van der Waals surface area contributed by atoms with Gasteiger partial charge in [0.2, 0.25) is 0 Å². The number of hydrogen-bond donors (Lipinski definition) is 0. The van der Waals surface area contributed by atoms with Crippen molar-refractivity contribution in [3.05, 3.63) is 59.7 Å². The Bertz CT molecular complexity index is 564. The molecule has 0 aliphatic carbocycles. The van der Waals surface area contributed by atoms with Gasteiger partial charge in [-0.05, 0) is 43.0 Å². The molecule has 0 saturated heterocycles. The van der Waals surface area contributed by atoms with E-state index < -0.39 is 0 Å². The van der Waals surface area contributed by atoms with Gasteiger partial charge in [0.15, 0.2) is 11.5 Å². The molecule has 3 heteroatoms. The zero-order valence-electron chi connectivity index (χ0n) is 12.2. The number of unbranched alkanes of at least 4 members (excludes halogenated alkanes) is 1. The number of carbonyl (C=O) groups excluding carboxylic acids is 1. The average Bonchev–Trinajstić information content (AvgIpc) is 2.55. The van der Waals surface area contributed by atoms with Crippen LogP contribution in [0.2, 0.25) is 0 Å². The van der Waals surface area contributed by atoms with Crippen LogP contribution in [0.3, 0.4) is 0 Å². The first-order chi connectivity index (χ1) is 10.3. The largest absolute Gasteiger partial charge is 0.493 e. The van der Waals surface area contributed by atoms with Crippen LogP contribution in [0.15, 0.2) is 48.5 Å². The van der Waals surface area contributed by atoms with E-state index in [2.05, 4.69) is 24.3 Å². The summed E-state index contributed by atoms with van der Waals surface area (Å²) >= 11 is 0. The lowest BCUT2D eigenvalue weighted by atomic mass is 10.1. The van der Waals surface area contributed by atoms with Gasteiger partial charge in [-0.2, -0.15) is 0 Å². The predicted octanol–water partition coefficient (Wildman–Crippen LogP) is 3.91. The topological polar surface area (TPSA) is 35.5 Å². The molecule has 0 unspecified atom stereocenters. The number of carbonyl (C=O) groups is 1. The van der Waals surface area contributed by atoms with Crippen LogP contribution in [0.25, 0.3) is 0 Å². The van der Waals surface area contributed by atoms with Crippen LogP contribution < -0.4 is 9.47 Å². The summed E-state index contributed by atoms with van der Waals surface area (Å²) in [5.74, 6) is 1.28. The van der Waals surface area contributed by atoms with E-state index in [1.807, 2.05) is 6.07 Å². The van der Waals surface area contributed by atoms with Crippen LogP contribution in [0.4, 0.5) is 0 Å². The quantitative estimate of drug-likeness (QED) is 0.544. The van der Waals surface area contributed by atoms with Gasteiger partial charge in [0.1, 0.15) is 6.29 Å². The summed E-state index contributed by atoms with van der Waals surface area (Å²) in [7, 11) is 1.60. The first kappa shape index (κ1) is 15.1. The highest BCUT2D eigenvalue weighted by atomic mass is 16.5. The Morgan fingerprint density at radius 2 is 1.81 bits per heavy atom. The lowest BCUT2D eigenvalue weighted by Gasteiger charge is -2.11. The summed E-state index contributed by atoms with van der Waals surface area (Å²) in [5.41, 5.74) is 1.94. The Balaban J connectivity index is 1.79. The van der Waals surface area contributed by atoms with Crippen molar-refractivity contribution in [2.45, 2.75) is 19.3 Å². The summed E-state index contributed by atoms with van der Waals surface area (Å²) in [4.78, 5) is 10.8. The van der Waals surface area contributed by atoms with Crippen LogP contribution >= 0.6 is 0 Å². The summed E-state index contributed by atoms with van der Waals surface area (Å²) in [5, 5.41) is 0. The fraction of sp³-hybridized carbons (Fsp3) is 0.278. The fourth-order valence-corrected chi connectivity index (χ4v) is 2.14. The van der Waals surface area contributed by atoms with E-state index in [-0.39, 0.29) is 0 Å². The fourth-order valence-electron chi connectivity index (χ4n) is 2.14. The van der Waals surface area contributed by atoms with E-state index in [0.29, 0.717) is 23.7 Å². The molecular weight excluding hydrogens is 264 g/mol. The maximum absolute atomic E-state index is 10.8. The van der Waals surface area contributed by atoms with Crippen molar-refractivity contribution in [3.63, 3.8) is 0 Å². The van der Waals surface area contributed by atoms with Crippen LogP contribution in [0.5, 0.6) is 11.5 Å². The number of aryl methyl sites for hydroxylation is 1. The molecule has 21 heavy (non-hydrogen) atoms. The van der Waals surface area contributed by atoms with Crippen molar-refractivity contribution in [1.29, 1.82) is 0 Å². The van der Waals surface area contributed by atoms with Gasteiger partial charge >= 0.3 is 0 Å². The number of aldehydes is 1. The Morgan fingerprint density at radius 3 is 2.52 bits per heavy atom. The van der Waals surface area contributed by atoms with E-state index in [0.717, 1.165) is 25.5 Å². The molecule has 2 aromatic carbocycles. The molecule has 110 valence electrons. The Hall–Kier alpha value is -2.29. The third-order valence-electron chi connectivity index (χ3n) is 3.28. The third kappa shape index (κ3) is 4.63. The first-order valence-corrected chi connectivity index (χ1v) is 7.13. The SMILES string of the molecule is COc1ccc(C=O)cc1OCCCCc1ccccc1. The Kier molecular flexibility index (Phi) is 5.83. The van der Waals surface area contributed by atoms with Gasteiger partial charge in [0.25, 0.3) is 0 Å². The normalized spacial score (nSPS) is 10.1. The Labute approximate surface area is 125 Å². The van der Waals surface area contributed by atoms with E-state index in [1.165, 1.54) is 5.56 Å². The standard InChI is InChI=1S/C18H20O3/c1-20-17-11-10-16(14-19)13-18(17)21-12-6-5-9-15-7-3-2-4-8-15/h2-4,7-8,10-11,13-14H,5-6,9,12H2,1H3. The maximum Gasteiger partial charge on any atom is 0.161 e. The first-order valence-electron chi connectivity index (χ1n) is 7.13. The van der Waals surface area contributed by atoms with Crippen LogP contribution in [-0.2, 0) is 6.42 Å². The summed E-state index contributed by atoms with van der Waals surface area (Å²) in [6.45, 7) is 0.617. The van der Waals surface area contributed by atoms with Gasteiger partial charge in [0.05, 0.1) is 13.7 Å². The second kappa shape index (κ2) is 8.10. The van der Waals surface area contributed by atoms with Crippen molar-refractivity contribution in [2.24, 2.45) is 0 Å². The van der Waals surface area contributed by atoms with Crippen LogP contribution in [0.1, 0.15) is 28.8 Å². The van der Waals surface area contributed by atoms with Gasteiger partial charge in [-0.25, -0.2) is 0 Å². The third-order valence-corrected chi connectivity index (χ3v) is 3.28. The maximum atomic E-state index is 10.8. The van der Waals surface area contributed by atoms with Crippen LogP contribution in [0, 0.1) is 0 Å². The van der Waals surface area contributed by atoms with Gasteiger partial charge in [-0.1, -0.05) is 30.3 Å². The summed E-state index contributed by atoms with van der Waals surface area (Å²) in [6.07, 6.45) is 3.89. The van der Waals surface area contributed by atoms with Crippen molar-refractivity contribution in [1.82, 2.24) is 0 Å². The highest BCUT2D eigenvalue weighted by Crippen LogP contribution is 2.27. The van der Waals surface area contributed by atoms with E-state index in [9.17, 15) is 4.79 Å². The van der Waals surface area contributed by atoms with Crippen molar-refractivity contribution < 1.29 is 14.3 Å². The highest BCUT2D eigenvalue weighted by molar-refractivity contribution is 5.76. The van der Waals surface area contributed by atoms with Crippen molar-refractivity contribution in [2.75, 3.05) is 13.7 Å². The van der Waals surface area contributed by atoms with Gasteiger partial charge in [-0.15, -0.1) is 0 Å². The lowest BCUT2D eigenvalue weighted by molar-refractivity contribution is 0.112. The minimum atomic E-state index is 0.593. The van der Waals surface area contributed by atoms with Crippen LogP contribution in [-0.4, -0.2) is 20.0 Å². The number of benzene rings is 2. The molecule has 0 aliphatic rings. The van der Waals surface area contributed by atoms with E-state index in [4.69, 9.17) is 9.47 Å². The van der Waals surface area contributed by atoms with Crippen molar-refractivity contribution in [3.8, 4) is 11.5 Å². The molecule has 0 aromatic heterocycles. The van der Waals surface area contributed by atoms with Gasteiger partial charge in [0, 0.05) is 5.56 Å². The molecule has 0 spiro atoms. The Morgan fingerprint density at radius 1 is 1.00 bits per heavy atom. The second-order valence-corrected chi connectivity index (χ2v) is 4.82. The zero-order valence-corrected chi connectivity index (χ0v) is 12.2. The molecule has 0 atom stereocenters. The zero-order chi connectivity index (χ0) is 14.9. The predicted molar refractivity (Wildman–Crippen MR) is 83.3 cm³/mol. The smallest absolute Gasteiger partial charge is 0.161 e. The summed E-state index contributed by atoms with van der Waals surface area (Å²) < 4.78 is 11.0. The molecule has 0 N–H and O–H groups in total. The van der Waals surface area contributed by atoms with Crippen molar-refractivity contribution >= 4 is 6.29 Å². The molecule has 0 fully saturated rings. The number of ether oxygens (including phenoxy) is 2. The molecule has 0 aliphatic heterocycles. The summed E-state index contributed by atoms with van der Waals surface area (Å²) in [6, 6.07) is 15.6. The number of hydrogen-bond acceptors (Lipinski definition) is 3. The highest BCUT2D eigenvalue weighted by Gasteiger charge is 2.05.